The number of rotatable bonds is 2. The van der Waals surface area contributed by atoms with Crippen molar-refractivity contribution in [3.05, 3.63) is 18.7 Å². The Labute approximate surface area is 123 Å². The zero-order chi connectivity index (χ0) is 15.6. The maximum Gasteiger partial charge on any atom is 0.0919 e. The van der Waals surface area contributed by atoms with Crippen LogP contribution in [0.1, 0.15) is 47.5 Å². The topological polar surface area (TPSA) is 110 Å². The molecule has 6 heteroatoms. The molecular weight excluding hydrogens is 260 g/mol. The molecule has 0 aliphatic carbocycles. The van der Waals surface area contributed by atoms with E-state index in [0.717, 1.165) is 12.8 Å². The van der Waals surface area contributed by atoms with Gasteiger partial charge in [-0.05, 0) is 34.1 Å². The molecule has 0 aromatic carbocycles. The minimum absolute atomic E-state index is 0. The Kier molecular flexibility index (Phi) is 31.7. The number of aliphatic hydroxyl groups excluding tert-OH is 2. The number of ether oxygens (including phenoxy) is 1. The van der Waals surface area contributed by atoms with Crippen LogP contribution in [0.2, 0.25) is 0 Å². The van der Waals surface area contributed by atoms with Gasteiger partial charge in [0.2, 0.25) is 0 Å². The van der Waals surface area contributed by atoms with Crippen molar-refractivity contribution in [2.45, 2.75) is 53.1 Å². The van der Waals surface area contributed by atoms with Crippen LogP contribution in [0.25, 0.3) is 0 Å². The van der Waals surface area contributed by atoms with E-state index in [4.69, 9.17) is 14.9 Å². The first-order valence-corrected chi connectivity index (χ1v) is 6.59. The van der Waals surface area contributed by atoms with E-state index in [1.165, 1.54) is 0 Å². The summed E-state index contributed by atoms with van der Waals surface area (Å²) in [6, 6.07) is 0. The number of imidazole rings is 1. The lowest BCUT2D eigenvalue weighted by Gasteiger charge is -2.14. The van der Waals surface area contributed by atoms with E-state index in [0.29, 0.717) is 6.61 Å². The molecule has 20 heavy (non-hydrogen) atoms. The fourth-order valence-electron chi connectivity index (χ4n) is 0.373. The SMILES string of the molecule is CCCCO.CCO.COC(C)(C)C.O.c1c[nH]cn1. The molecule has 1 aromatic heterocycles. The highest BCUT2D eigenvalue weighted by molar-refractivity contribution is 4.64. The van der Waals surface area contributed by atoms with Crippen molar-refractivity contribution in [1.82, 2.24) is 9.97 Å². The van der Waals surface area contributed by atoms with Crippen molar-refractivity contribution in [3.63, 3.8) is 0 Å². The molecule has 0 spiro atoms. The number of nitrogens with zero attached hydrogens (tertiary/aromatic N) is 1. The molecule has 0 aliphatic rings. The number of hydrogen-bond donors (Lipinski definition) is 3. The van der Waals surface area contributed by atoms with Crippen LogP contribution in [0.4, 0.5) is 0 Å². The van der Waals surface area contributed by atoms with Gasteiger partial charge in [-0.2, -0.15) is 0 Å². The Bertz CT molecular complexity index is 192. The van der Waals surface area contributed by atoms with Crippen LogP contribution in [0.5, 0.6) is 0 Å². The van der Waals surface area contributed by atoms with Gasteiger partial charge in [0, 0.05) is 32.7 Å². The van der Waals surface area contributed by atoms with Gasteiger partial charge in [0.1, 0.15) is 0 Å². The van der Waals surface area contributed by atoms with Crippen LogP contribution in [0, 0.1) is 0 Å². The quantitative estimate of drug-likeness (QED) is 0.772. The molecule has 124 valence electrons. The summed E-state index contributed by atoms with van der Waals surface area (Å²) in [5, 5.41) is 15.6. The summed E-state index contributed by atoms with van der Waals surface area (Å²) >= 11 is 0. The Morgan fingerprint density at radius 3 is 1.70 bits per heavy atom. The van der Waals surface area contributed by atoms with E-state index in [-0.39, 0.29) is 17.7 Å². The number of aliphatic hydroxyl groups is 2. The van der Waals surface area contributed by atoms with E-state index < -0.39 is 0 Å². The number of nitrogens with one attached hydrogen (secondary N) is 1. The van der Waals surface area contributed by atoms with Gasteiger partial charge in [-0.3, -0.25) is 0 Å². The zero-order valence-electron chi connectivity index (χ0n) is 13.8. The van der Waals surface area contributed by atoms with Crippen LogP contribution in [0.15, 0.2) is 18.7 Å². The molecule has 0 unspecified atom stereocenters. The maximum absolute atomic E-state index is 8.07. The van der Waals surface area contributed by atoms with Crippen LogP contribution in [-0.4, -0.2) is 51.6 Å². The number of methoxy groups -OCH3 is 1. The van der Waals surface area contributed by atoms with Crippen molar-refractivity contribution in [3.8, 4) is 0 Å². The molecule has 0 saturated heterocycles. The second kappa shape index (κ2) is 23.2. The second-order valence-electron chi connectivity index (χ2n) is 4.47. The summed E-state index contributed by atoms with van der Waals surface area (Å²) < 4.78 is 4.94. The molecule has 0 bridgehead atoms. The number of aromatic amines is 1. The zero-order valence-corrected chi connectivity index (χ0v) is 13.8. The fraction of sp³-hybridized carbons (Fsp3) is 0.786. The molecule has 1 aromatic rings. The van der Waals surface area contributed by atoms with Crippen molar-refractivity contribution in [2.24, 2.45) is 0 Å². The average Bonchev–Trinajstić information content (AvgIpc) is 2.90. The normalized spacial score (nSPS) is 8.60. The highest BCUT2D eigenvalue weighted by atomic mass is 16.5. The molecule has 6 nitrogen and oxygen atoms in total. The highest BCUT2D eigenvalue weighted by Crippen LogP contribution is 2.02. The van der Waals surface area contributed by atoms with E-state index in [1.54, 1.807) is 32.8 Å². The van der Waals surface area contributed by atoms with Crippen molar-refractivity contribution >= 4 is 0 Å². The minimum atomic E-state index is 0. The van der Waals surface area contributed by atoms with Gasteiger partial charge in [0.15, 0.2) is 0 Å². The van der Waals surface area contributed by atoms with Crippen LogP contribution < -0.4 is 0 Å². The molecule has 0 radical (unpaired) electrons. The summed E-state index contributed by atoms with van der Waals surface area (Å²) in [6.07, 6.45) is 7.12. The van der Waals surface area contributed by atoms with Crippen molar-refractivity contribution in [2.75, 3.05) is 20.3 Å². The lowest BCUT2D eigenvalue weighted by atomic mass is 10.2. The second-order valence-corrected chi connectivity index (χ2v) is 4.47. The molecule has 0 amide bonds. The largest absolute Gasteiger partial charge is 0.412 e. The van der Waals surface area contributed by atoms with Crippen molar-refractivity contribution < 1.29 is 20.4 Å². The lowest BCUT2D eigenvalue weighted by Crippen LogP contribution is -2.15. The average molecular weight is 294 g/mol. The summed E-state index contributed by atoms with van der Waals surface area (Å²) in [7, 11) is 1.71. The van der Waals surface area contributed by atoms with Crippen molar-refractivity contribution in [1.29, 1.82) is 0 Å². The Morgan fingerprint density at radius 2 is 1.65 bits per heavy atom. The first-order chi connectivity index (χ1) is 8.89. The third-order valence-electron chi connectivity index (χ3n) is 1.53. The maximum atomic E-state index is 8.07. The third kappa shape index (κ3) is 53.6. The third-order valence-corrected chi connectivity index (χ3v) is 1.53. The number of hydrogen-bond acceptors (Lipinski definition) is 4. The molecule has 0 aliphatic heterocycles. The van der Waals surface area contributed by atoms with E-state index in [1.807, 2.05) is 20.8 Å². The van der Waals surface area contributed by atoms with E-state index >= 15 is 0 Å². The summed E-state index contributed by atoms with van der Waals surface area (Å²) in [5.74, 6) is 0. The number of aromatic nitrogens is 2. The Morgan fingerprint density at radius 1 is 1.20 bits per heavy atom. The first kappa shape index (κ1) is 27.4. The van der Waals surface area contributed by atoms with Crippen LogP contribution in [0.3, 0.4) is 0 Å². The molecule has 1 rings (SSSR count). The Balaban J connectivity index is -0.0000000860. The van der Waals surface area contributed by atoms with Gasteiger partial charge in [-0.25, -0.2) is 4.98 Å². The Hall–Kier alpha value is -0.950. The molecule has 5 N–H and O–H groups in total. The van der Waals surface area contributed by atoms with Crippen LogP contribution >= 0.6 is 0 Å². The predicted molar refractivity (Wildman–Crippen MR) is 83.7 cm³/mol. The van der Waals surface area contributed by atoms with Gasteiger partial charge in [0.05, 0.1) is 11.9 Å². The summed E-state index contributed by atoms with van der Waals surface area (Å²) in [4.78, 5) is 6.42. The summed E-state index contributed by atoms with van der Waals surface area (Å²) in [5.41, 5.74) is 0.0417. The first-order valence-electron chi connectivity index (χ1n) is 6.59. The van der Waals surface area contributed by atoms with Gasteiger partial charge < -0.3 is 25.4 Å². The number of H-pyrrole nitrogens is 1. The van der Waals surface area contributed by atoms with Crippen LogP contribution in [-0.2, 0) is 4.74 Å². The monoisotopic (exact) mass is 294 g/mol. The molecule has 0 saturated carbocycles. The highest BCUT2D eigenvalue weighted by Gasteiger charge is 2.03. The van der Waals surface area contributed by atoms with Gasteiger partial charge >= 0.3 is 0 Å². The van der Waals surface area contributed by atoms with E-state index in [2.05, 4.69) is 16.9 Å². The minimum Gasteiger partial charge on any atom is -0.412 e. The number of unbranched alkanes of at least 4 members (excludes halogenated alkanes) is 1. The lowest BCUT2D eigenvalue weighted by molar-refractivity contribution is 0.0397. The molecule has 1 heterocycles. The molecule has 0 fully saturated rings. The predicted octanol–water partition coefficient (Wildman–Crippen LogP) is 1.79. The van der Waals surface area contributed by atoms with Gasteiger partial charge in [-0.15, -0.1) is 0 Å². The standard InChI is InChI=1S/C5H12O.C4H10O.C3H4N2.C2H6O.H2O/c1-5(2,3)6-4;1-2-3-4-5;1-2-5-3-4-1;1-2-3;/h1-4H3;5H,2-4H2,1H3;1-3H,(H,4,5);3H,2H2,1H3;1H2. The van der Waals surface area contributed by atoms with Gasteiger partial charge in [-0.1, -0.05) is 13.3 Å². The molecule has 0 atom stereocenters. The smallest absolute Gasteiger partial charge is 0.0919 e. The van der Waals surface area contributed by atoms with Gasteiger partial charge in [0.25, 0.3) is 0 Å². The van der Waals surface area contributed by atoms with E-state index in [9.17, 15) is 0 Å². The fourth-order valence-corrected chi connectivity index (χ4v) is 0.373. The summed E-state index contributed by atoms with van der Waals surface area (Å²) in [6.45, 7) is 10.4. The molecular formula is C14H34N2O4.